The molecule has 0 aliphatic heterocycles. The summed E-state index contributed by atoms with van der Waals surface area (Å²) in [4.78, 5) is 5.01. The molecule has 1 aliphatic rings. The number of aliphatic hydroxyl groups is 1. The minimum atomic E-state index is -0.799. The lowest BCUT2D eigenvalue weighted by Gasteiger charge is -2.28. The second-order valence-electron chi connectivity index (χ2n) is 3.77. The van der Waals surface area contributed by atoms with Crippen molar-refractivity contribution < 1.29 is 5.11 Å². The first-order valence-electron chi connectivity index (χ1n) is 4.63. The van der Waals surface area contributed by atoms with Gasteiger partial charge >= 0.3 is 0 Å². The van der Waals surface area contributed by atoms with Crippen LogP contribution >= 0.6 is 27.3 Å². The zero-order valence-electron chi connectivity index (χ0n) is 7.90. The summed E-state index contributed by atoms with van der Waals surface area (Å²) >= 11 is 4.85. The Bertz CT molecular complexity index is 363. The van der Waals surface area contributed by atoms with Crippen molar-refractivity contribution in [3.63, 3.8) is 0 Å². The predicted molar refractivity (Wildman–Crippen MR) is 61.2 cm³/mol. The van der Waals surface area contributed by atoms with Crippen molar-refractivity contribution in [3.8, 4) is 0 Å². The van der Waals surface area contributed by atoms with E-state index in [-0.39, 0.29) is 0 Å². The van der Waals surface area contributed by atoms with E-state index >= 15 is 0 Å². The molecule has 0 bridgehead atoms. The average molecular weight is 274 g/mol. The van der Waals surface area contributed by atoms with Crippen LogP contribution in [0, 0.1) is 5.92 Å². The second-order valence-corrected chi connectivity index (χ2v) is 5.38. The lowest BCUT2D eigenvalue weighted by Crippen LogP contribution is -2.26. The van der Waals surface area contributed by atoms with E-state index in [1.165, 1.54) is 11.3 Å². The van der Waals surface area contributed by atoms with Gasteiger partial charge in [-0.25, -0.2) is 4.98 Å². The van der Waals surface area contributed by atoms with Crippen molar-refractivity contribution in [1.29, 1.82) is 0 Å². The molecule has 0 saturated heterocycles. The Labute approximate surface area is 95.8 Å². The molecular formula is C10H12BrNOS. The lowest BCUT2D eigenvalue weighted by molar-refractivity contribution is 0.0701. The van der Waals surface area contributed by atoms with E-state index in [1.54, 1.807) is 5.51 Å². The molecule has 2 unspecified atom stereocenters. The van der Waals surface area contributed by atoms with E-state index in [2.05, 4.69) is 33.9 Å². The van der Waals surface area contributed by atoms with Gasteiger partial charge in [0.15, 0.2) is 0 Å². The van der Waals surface area contributed by atoms with Gasteiger partial charge in [0.25, 0.3) is 0 Å². The van der Waals surface area contributed by atoms with Gasteiger partial charge in [0.1, 0.15) is 10.2 Å². The van der Waals surface area contributed by atoms with Gasteiger partial charge in [-0.2, -0.15) is 0 Å². The Morgan fingerprint density at radius 3 is 3.00 bits per heavy atom. The maximum absolute atomic E-state index is 10.4. The highest BCUT2D eigenvalue weighted by atomic mass is 79.9. The number of aromatic nitrogens is 1. The summed E-state index contributed by atoms with van der Waals surface area (Å²) in [7, 11) is 0. The molecule has 4 heteroatoms. The van der Waals surface area contributed by atoms with E-state index < -0.39 is 5.60 Å². The van der Waals surface area contributed by atoms with E-state index in [4.69, 9.17) is 0 Å². The highest BCUT2D eigenvalue weighted by molar-refractivity contribution is 9.10. The van der Waals surface area contributed by atoms with Crippen LogP contribution in [0.15, 0.2) is 22.3 Å². The fraction of sp³-hybridized carbons (Fsp3) is 0.500. The van der Waals surface area contributed by atoms with E-state index in [9.17, 15) is 5.11 Å². The Balaban J connectivity index is 2.34. The van der Waals surface area contributed by atoms with Gasteiger partial charge in [0.2, 0.25) is 0 Å². The van der Waals surface area contributed by atoms with Crippen molar-refractivity contribution in [2.24, 2.45) is 5.92 Å². The Morgan fingerprint density at radius 1 is 1.71 bits per heavy atom. The van der Waals surface area contributed by atoms with Gasteiger partial charge < -0.3 is 5.11 Å². The molecule has 0 aromatic carbocycles. The quantitative estimate of drug-likeness (QED) is 0.798. The van der Waals surface area contributed by atoms with Crippen molar-refractivity contribution in [2.75, 3.05) is 0 Å². The zero-order chi connectivity index (χ0) is 10.2. The minimum Gasteiger partial charge on any atom is -0.380 e. The lowest BCUT2D eigenvalue weighted by atomic mass is 9.85. The van der Waals surface area contributed by atoms with Gasteiger partial charge in [0, 0.05) is 0 Å². The monoisotopic (exact) mass is 273 g/mol. The molecule has 14 heavy (non-hydrogen) atoms. The van der Waals surface area contributed by atoms with E-state index in [0.29, 0.717) is 5.92 Å². The van der Waals surface area contributed by atoms with Gasteiger partial charge in [-0.05, 0) is 34.7 Å². The van der Waals surface area contributed by atoms with Crippen molar-refractivity contribution >= 4 is 27.3 Å². The first-order chi connectivity index (χ1) is 6.62. The highest BCUT2D eigenvalue weighted by Gasteiger charge is 2.32. The molecule has 0 radical (unpaired) electrons. The number of thiazole rings is 1. The number of hydrogen-bond acceptors (Lipinski definition) is 3. The van der Waals surface area contributed by atoms with Crippen LogP contribution in [0.1, 0.15) is 24.6 Å². The van der Waals surface area contributed by atoms with Gasteiger partial charge in [-0.3, -0.25) is 0 Å². The molecule has 0 amide bonds. The summed E-state index contributed by atoms with van der Waals surface area (Å²) in [6.07, 6.45) is 5.79. The molecule has 0 saturated carbocycles. The largest absolute Gasteiger partial charge is 0.380 e. The van der Waals surface area contributed by atoms with Crippen LogP contribution in [0.25, 0.3) is 0 Å². The molecule has 0 spiro atoms. The zero-order valence-corrected chi connectivity index (χ0v) is 10.3. The molecule has 1 heterocycles. The second kappa shape index (κ2) is 3.76. The molecular weight excluding hydrogens is 262 g/mol. The molecule has 1 aromatic heterocycles. The van der Waals surface area contributed by atoms with Crippen molar-refractivity contribution in [1.82, 2.24) is 4.98 Å². The summed E-state index contributed by atoms with van der Waals surface area (Å²) in [5.74, 6) is 0.571. The molecule has 1 N–H and O–H groups in total. The van der Waals surface area contributed by atoms with Crippen LogP contribution < -0.4 is 0 Å². The number of nitrogens with zero attached hydrogens (tertiary/aromatic N) is 1. The standard InChI is InChI=1S/C10H12BrNOS/c1-7-2-4-10(13,5-3-7)8-9(11)12-6-14-8/h2,4,6-7,13H,3,5H2,1H3. The van der Waals surface area contributed by atoms with Crippen LogP contribution in [-0.2, 0) is 5.60 Å². The molecule has 0 fully saturated rings. The summed E-state index contributed by atoms with van der Waals surface area (Å²) < 4.78 is 0.768. The van der Waals surface area contributed by atoms with Crippen molar-refractivity contribution in [3.05, 3.63) is 27.1 Å². The Kier molecular flexibility index (Phi) is 2.77. The van der Waals surface area contributed by atoms with Crippen LogP contribution in [-0.4, -0.2) is 10.1 Å². The van der Waals surface area contributed by atoms with Gasteiger partial charge in [-0.1, -0.05) is 19.1 Å². The van der Waals surface area contributed by atoms with Gasteiger partial charge in [0.05, 0.1) is 10.4 Å². The fourth-order valence-corrected chi connectivity index (χ4v) is 3.30. The number of halogens is 1. The van der Waals surface area contributed by atoms with Crippen LogP contribution in [0.3, 0.4) is 0 Å². The summed E-state index contributed by atoms with van der Waals surface area (Å²) in [5.41, 5.74) is 0.954. The number of hydrogen-bond donors (Lipinski definition) is 1. The number of rotatable bonds is 1. The first kappa shape index (κ1) is 10.3. The van der Waals surface area contributed by atoms with Crippen LogP contribution in [0.5, 0.6) is 0 Å². The molecule has 1 aromatic rings. The molecule has 1 aliphatic carbocycles. The maximum atomic E-state index is 10.4. The Hall–Kier alpha value is -0.190. The molecule has 76 valence electrons. The summed E-state index contributed by atoms with van der Waals surface area (Å²) in [6, 6.07) is 0. The summed E-state index contributed by atoms with van der Waals surface area (Å²) in [5, 5.41) is 10.4. The molecule has 2 atom stereocenters. The van der Waals surface area contributed by atoms with Crippen LogP contribution in [0.4, 0.5) is 0 Å². The Morgan fingerprint density at radius 2 is 2.50 bits per heavy atom. The van der Waals surface area contributed by atoms with Crippen LogP contribution in [0.2, 0.25) is 0 Å². The van der Waals surface area contributed by atoms with E-state index in [0.717, 1.165) is 22.3 Å². The smallest absolute Gasteiger partial charge is 0.123 e. The molecule has 2 rings (SSSR count). The first-order valence-corrected chi connectivity index (χ1v) is 6.30. The minimum absolute atomic E-state index is 0.571. The summed E-state index contributed by atoms with van der Waals surface area (Å²) in [6.45, 7) is 2.16. The molecule has 2 nitrogen and oxygen atoms in total. The number of allylic oxidation sites excluding steroid dienone is 1. The highest BCUT2D eigenvalue weighted by Crippen LogP contribution is 2.39. The predicted octanol–water partition coefficient (Wildman–Crippen LogP) is 3.08. The van der Waals surface area contributed by atoms with Gasteiger partial charge in [-0.15, -0.1) is 11.3 Å². The SMILES string of the molecule is CC1C=CC(O)(c2scnc2Br)CC1. The third kappa shape index (κ3) is 1.78. The van der Waals surface area contributed by atoms with Crippen molar-refractivity contribution in [2.45, 2.75) is 25.4 Å². The fourth-order valence-electron chi connectivity index (χ4n) is 1.65. The third-order valence-corrected chi connectivity index (χ3v) is 4.46. The van der Waals surface area contributed by atoms with E-state index in [1.807, 2.05) is 6.08 Å². The average Bonchev–Trinajstić information content (AvgIpc) is 2.58. The maximum Gasteiger partial charge on any atom is 0.123 e. The third-order valence-electron chi connectivity index (χ3n) is 2.60. The normalized spacial score (nSPS) is 32.1. The topological polar surface area (TPSA) is 33.1 Å².